The van der Waals surface area contributed by atoms with E-state index in [1.165, 1.54) is 23.1 Å². The molecule has 1 atom stereocenters. The van der Waals surface area contributed by atoms with E-state index >= 15 is 0 Å². The van der Waals surface area contributed by atoms with Crippen LogP contribution in [0.5, 0.6) is 0 Å². The fraction of sp³-hybridized carbons (Fsp3) is 0.444. The van der Waals surface area contributed by atoms with Crippen molar-refractivity contribution in [3.63, 3.8) is 0 Å². The first-order valence-electron chi connectivity index (χ1n) is 8.40. The number of nitrogens with one attached hydrogen (secondary N) is 2. The molecule has 0 aliphatic carbocycles. The largest absolute Gasteiger partial charge is 0.360 e. The molecular weight excluding hydrogens is 368 g/mol. The van der Waals surface area contributed by atoms with E-state index < -0.39 is 5.41 Å². The van der Waals surface area contributed by atoms with Gasteiger partial charge in [-0.25, -0.2) is 0 Å². The maximum Gasteiger partial charge on any atom is 0.229 e. The van der Waals surface area contributed by atoms with Crippen molar-refractivity contribution >= 4 is 45.6 Å². The van der Waals surface area contributed by atoms with Crippen LogP contribution in [0.15, 0.2) is 28.6 Å². The predicted octanol–water partition coefficient (Wildman–Crippen LogP) is 4.32. The molecule has 0 unspecified atom stereocenters. The number of carbonyl (C=O) groups excluding carboxylic acids is 2. The summed E-state index contributed by atoms with van der Waals surface area (Å²) in [5, 5.41) is 14.6. The number of amides is 1. The van der Waals surface area contributed by atoms with Gasteiger partial charge in [-0.15, -0.1) is 10.2 Å². The topological polar surface area (TPSA) is 84.0 Å². The lowest BCUT2D eigenvalue weighted by atomic mass is 9.95. The smallest absolute Gasteiger partial charge is 0.229 e. The molecular formula is C18H24N4O2S2. The first kappa shape index (κ1) is 20.4. The van der Waals surface area contributed by atoms with Gasteiger partial charge in [0.1, 0.15) is 0 Å². The number of hydrogen-bond donors (Lipinski definition) is 2. The molecule has 0 aliphatic heterocycles. The first-order chi connectivity index (χ1) is 12.2. The molecule has 1 amide bonds. The average Bonchev–Trinajstić information content (AvgIpc) is 3.01. The van der Waals surface area contributed by atoms with Crippen molar-refractivity contribution in [2.24, 2.45) is 5.41 Å². The van der Waals surface area contributed by atoms with Gasteiger partial charge in [-0.1, -0.05) is 43.9 Å². The van der Waals surface area contributed by atoms with Crippen LogP contribution in [-0.4, -0.2) is 33.7 Å². The van der Waals surface area contributed by atoms with Crippen LogP contribution in [0, 0.1) is 5.41 Å². The Morgan fingerprint density at radius 3 is 2.42 bits per heavy atom. The van der Waals surface area contributed by atoms with E-state index in [-0.39, 0.29) is 16.9 Å². The molecule has 140 valence electrons. The van der Waals surface area contributed by atoms with Crippen molar-refractivity contribution in [1.82, 2.24) is 10.2 Å². The number of carbonyl (C=O) groups is 2. The Kier molecular flexibility index (Phi) is 6.77. The number of Topliss-reactive ketones (excluding diaryl/α,β-unsaturated/α-hetero) is 1. The number of thioether (sulfide) groups is 1. The summed E-state index contributed by atoms with van der Waals surface area (Å²) in [6, 6.07) is 6.98. The predicted molar refractivity (Wildman–Crippen MR) is 108 cm³/mol. The molecule has 1 aromatic heterocycles. The van der Waals surface area contributed by atoms with Crippen LogP contribution in [0.2, 0.25) is 0 Å². The van der Waals surface area contributed by atoms with Crippen LogP contribution in [-0.2, 0) is 4.79 Å². The maximum absolute atomic E-state index is 12.6. The summed E-state index contributed by atoms with van der Waals surface area (Å²) in [6.07, 6.45) is 0. The van der Waals surface area contributed by atoms with Gasteiger partial charge in [-0.05, 0) is 38.1 Å². The number of anilines is 2. The van der Waals surface area contributed by atoms with Gasteiger partial charge in [0.2, 0.25) is 11.0 Å². The van der Waals surface area contributed by atoms with Gasteiger partial charge in [0.25, 0.3) is 0 Å². The molecule has 1 aromatic carbocycles. The Morgan fingerprint density at radius 1 is 1.19 bits per heavy atom. The third-order valence-corrected chi connectivity index (χ3v) is 5.55. The van der Waals surface area contributed by atoms with Crippen LogP contribution in [0.25, 0.3) is 0 Å². The van der Waals surface area contributed by atoms with Crippen LogP contribution in [0.1, 0.15) is 45.0 Å². The number of aromatic nitrogens is 2. The summed E-state index contributed by atoms with van der Waals surface area (Å²) in [4.78, 5) is 24.6. The minimum Gasteiger partial charge on any atom is -0.360 e. The molecule has 2 aromatic rings. The van der Waals surface area contributed by atoms with Crippen LogP contribution in [0.3, 0.4) is 0 Å². The van der Waals surface area contributed by atoms with Crippen molar-refractivity contribution in [3.8, 4) is 0 Å². The molecule has 0 saturated heterocycles. The van der Waals surface area contributed by atoms with Gasteiger partial charge in [0.05, 0.1) is 5.25 Å². The van der Waals surface area contributed by atoms with Gasteiger partial charge < -0.3 is 10.6 Å². The fourth-order valence-corrected chi connectivity index (χ4v) is 4.00. The number of nitrogens with zero attached hydrogens (tertiary/aromatic N) is 2. The monoisotopic (exact) mass is 392 g/mol. The molecule has 0 saturated carbocycles. The lowest BCUT2D eigenvalue weighted by molar-refractivity contribution is -0.123. The zero-order valence-electron chi connectivity index (χ0n) is 15.6. The van der Waals surface area contributed by atoms with E-state index in [2.05, 4.69) is 20.8 Å². The Labute approximate surface area is 162 Å². The maximum atomic E-state index is 12.6. The molecule has 2 N–H and O–H groups in total. The van der Waals surface area contributed by atoms with Crippen molar-refractivity contribution in [3.05, 3.63) is 29.8 Å². The Morgan fingerprint density at radius 2 is 1.85 bits per heavy atom. The van der Waals surface area contributed by atoms with E-state index in [1.54, 1.807) is 24.3 Å². The molecule has 8 heteroatoms. The average molecular weight is 393 g/mol. The molecule has 1 heterocycles. The van der Waals surface area contributed by atoms with Gasteiger partial charge >= 0.3 is 0 Å². The van der Waals surface area contributed by atoms with Crippen molar-refractivity contribution in [2.45, 2.75) is 44.2 Å². The Balaban J connectivity index is 1.98. The molecule has 0 fully saturated rings. The molecule has 6 nitrogen and oxygen atoms in total. The van der Waals surface area contributed by atoms with E-state index in [9.17, 15) is 9.59 Å². The Bertz CT molecular complexity index is 766. The van der Waals surface area contributed by atoms with Crippen molar-refractivity contribution in [1.29, 1.82) is 0 Å². The highest BCUT2D eigenvalue weighted by Crippen LogP contribution is 2.30. The summed E-state index contributed by atoms with van der Waals surface area (Å²) in [7, 11) is 0. The summed E-state index contributed by atoms with van der Waals surface area (Å²) < 4.78 is 0.760. The minimum atomic E-state index is -0.465. The molecule has 2 rings (SSSR count). The van der Waals surface area contributed by atoms with Crippen LogP contribution in [0.4, 0.5) is 10.8 Å². The molecule has 0 aliphatic rings. The number of rotatable bonds is 7. The van der Waals surface area contributed by atoms with Gasteiger partial charge in [-0.2, -0.15) is 0 Å². The van der Waals surface area contributed by atoms with Crippen molar-refractivity contribution < 1.29 is 9.59 Å². The quantitative estimate of drug-likeness (QED) is 0.539. The van der Waals surface area contributed by atoms with E-state index in [1.807, 2.05) is 34.6 Å². The highest BCUT2D eigenvalue weighted by atomic mass is 32.2. The second-order valence-corrected chi connectivity index (χ2v) is 9.37. The zero-order chi connectivity index (χ0) is 19.3. The van der Waals surface area contributed by atoms with Crippen LogP contribution >= 0.6 is 23.1 Å². The third-order valence-electron chi connectivity index (χ3n) is 3.49. The first-order valence-corrected chi connectivity index (χ1v) is 10.1. The fourth-order valence-electron chi connectivity index (χ4n) is 1.96. The lowest BCUT2D eigenvalue weighted by Gasteiger charge is -2.17. The highest BCUT2D eigenvalue weighted by Gasteiger charge is 2.22. The number of hydrogen-bond acceptors (Lipinski definition) is 7. The highest BCUT2D eigenvalue weighted by molar-refractivity contribution is 8.02. The summed E-state index contributed by atoms with van der Waals surface area (Å²) in [5.74, 6) is -0.0443. The van der Waals surface area contributed by atoms with Gasteiger partial charge in [0, 0.05) is 23.2 Å². The molecule has 0 spiro atoms. The second kappa shape index (κ2) is 8.64. The zero-order valence-corrected chi connectivity index (χ0v) is 17.3. The van der Waals surface area contributed by atoms with E-state index in [0.717, 1.165) is 16.0 Å². The number of ketones is 1. The lowest BCUT2D eigenvalue weighted by Crippen LogP contribution is -2.27. The Hall–Kier alpha value is -1.93. The molecule has 0 radical (unpaired) electrons. The second-order valence-electron chi connectivity index (χ2n) is 6.81. The molecule has 0 bridgehead atoms. The summed E-state index contributed by atoms with van der Waals surface area (Å²) in [6.45, 7) is 10.2. The standard InChI is InChI=1S/C18H24N4O2S2/c1-6-19-16-21-22-17(26-16)25-11(2)14(23)12-7-9-13(10-8-12)20-15(24)18(3,4)5/h7-11H,6H2,1-5H3,(H,19,21)(H,20,24)/t11-/m1/s1. The van der Waals surface area contributed by atoms with E-state index in [4.69, 9.17) is 0 Å². The summed E-state index contributed by atoms with van der Waals surface area (Å²) >= 11 is 2.84. The van der Waals surface area contributed by atoms with Gasteiger partial charge in [-0.3, -0.25) is 9.59 Å². The third kappa shape index (κ3) is 5.54. The summed E-state index contributed by atoms with van der Waals surface area (Å²) in [5.41, 5.74) is 0.823. The normalized spacial score (nSPS) is 12.5. The molecule has 26 heavy (non-hydrogen) atoms. The van der Waals surface area contributed by atoms with Gasteiger partial charge in [0.15, 0.2) is 10.1 Å². The SMILES string of the molecule is CCNc1nnc(S[C@H](C)C(=O)c2ccc(NC(=O)C(C)(C)C)cc2)s1. The van der Waals surface area contributed by atoms with Crippen molar-refractivity contribution in [2.75, 3.05) is 17.2 Å². The minimum absolute atomic E-state index is 0.0175. The van der Waals surface area contributed by atoms with Crippen LogP contribution < -0.4 is 10.6 Å². The van der Waals surface area contributed by atoms with E-state index in [0.29, 0.717) is 11.3 Å². The number of benzene rings is 1.